The molecule has 1 fully saturated rings. The third-order valence-corrected chi connectivity index (χ3v) is 11.3. The first-order chi connectivity index (χ1) is 28.2. The molecule has 0 bridgehead atoms. The lowest BCUT2D eigenvalue weighted by molar-refractivity contribution is -0.275. The van der Waals surface area contributed by atoms with Crippen LogP contribution in [-0.4, -0.2) is 36.0 Å². The van der Waals surface area contributed by atoms with E-state index < -0.39 is 30.5 Å². The van der Waals surface area contributed by atoms with Crippen LogP contribution >= 0.6 is 22.9 Å². The van der Waals surface area contributed by atoms with Crippen molar-refractivity contribution in [2.24, 2.45) is 0 Å². The molecule has 5 unspecified atom stereocenters. The Morgan fingerprint density at radius 1 is 0.596 bits per heavy atom. The van der Waals surface area contributed by atoms with Crippen LogP contribution in [0.4, 0.5) is 0 Å². The van der Waals surface area contributed by atoms with Crippen molar-refractivity contribution in [3.05, 3.63) is 208 Å². The summed E-state index contributed by atoms with van der Waals surface area (Å²) in [4.78, 5) is 5.67. The second kappa shape index (κ2) is 19.5. The van der Waals surface area contributed by atoms with Crippen molar-refractivity contribution >= 4 is 22.9 Å². The van der Waals surface area contributed by atoms with Crippen molar-refractivity contribution in [1.29, 1.82) is 0 Å². The van der Waals surface area contributed by atoms with E-state index in [1.165, 1.54) is 0 Å². The Labute approximate surface area is 342 Å². The number of hydrogen-bond donors (Lipinski definition) is 0. The molecule has 0 radical (unpaired) electrons. The third kappa shape index (κ3) is 10.3. The summed E-state index contributed by atoms with van der Waals surface area (Å²) in [5, 5.41) is 1.57. The number of furan rings is 1. The van der Waals surface area contributed by atoms with Crippen LogP contribution in [0.25, 0.3) is 10.6 Å². The molecule has 0 spiro atoms. The number of benzene rings is 5. The maximum absolute atomic E-state index is 7.17. The predicted octanol–water partition coefficient (Wildman–Crippen LogP) is 11.1. The van der Waals surface area contributed by atoms with Crippen LogP contribution in [0.2, 0.25) is 5.02 Å². The largest absolute Gasteiger partial charge is 0.463 e. The number of aromatic nitrogens is 1. The van der Waals surface area contributed by atoms with Gasteiger partial charge in [-0.05, 0) is 51.6 Å². The normalized spacial score (nSPS) is 19.4. The zero-order valence-corrected chi connectivity index (χ0v) is 33.0. The van der Waals surface area contributed by atoms with Crippen molar-refractivity contribution in [3.8, 4) is 10.6 Å². The Kier molecular flexibility index (Phi) is 13.3. The average molecular weight is 798 g/mol. The molecule has 1 aliphatic heterocycles. The molecule has 0 amide bonds. The molecule has 8 rings (SSSR count). The van der Waals surface area contributed by atoms with Gasteiger partial charge in [0.15, 0.2) is 0 Å². The van der Waals surface area contributed by atoms with Gasteiger partial charge in [-0.15, -0.1) is 11.3 Å². The van der Waals surface area contributed by atoms with Crippen molar-refractivity contribution in [2.45, 2.75) is 63.4 Å². The Morgan fingerprint density at radius 2 is 1.16 bits per heavy atom. The molecule has 1 aliphatic rings. The molecule has 290 valence electrons. The number of rotatable bonds is 17. The number of ether oxygens (including phenoxy) is 5. The van der Waals surface area contributed by atoms with E-state index >= 15 is 0 Å². The molecule has 0 N–H and O–H groups in total. The molecular weight excluding hydrogens is 754 g/mol. The standard InChI is InChI=1S/C48H44ClNO6S/c49-40-24-23-38(26-39(40)27-44-50-28-43(57-44)41-22-13-25-52-41)45-47(54-31-36-18-9-3-10-19-36)48(55-32-37-20-11-4-12-21-37)46(53-30-35-16-7-2-8-17-35)42(56-45)33-51-29-34-14-5-1-6-15-34/h1-26,28,42,45-48H,27,29-33H2. The van der Waals surface area contributed by atoms with Gasteiger partial charge in [0.25, 0.3) is 0 Å². The molecule has 7 nitrogen and oxygen atoms in total. The fourth-order valence-electron chi connectivity index (χ4n) is 7.05. The van der Waals surface area contributed by atoms with Crippen LogP contribution in [-0.2, 0) is 56.5 Å². The van der Waals surface area contributed by atoms with Crippen molar-refractivity contribution in [3.63, 3.8) is 0 Å². The maximum atomic E-state index is 7.17. The van der Waals surface area contributed by atoms with Crippen LogP contribution in [0.3, 0.4) is 0 Å². The van der Waals surface area contributed by atoms with Gasteiger partial charge in [-0.25, -0.2) is 4.98 Å². The van der Waals surface area contributed by atoms with E-state index in [1.807, 2.05) is 103 Å². The van der Waals surface area contributed by atoms with Gasteiger partial charge in [0.1, 0.15) is 36.3 Å². The number of nitrogens with zero attached hydrogens (tertiary/aromatic N) is 1. The molecule has 7 aromatic rings. The van der Waals surface area contributed by atoms with Crippen molar-refractivity contribution in [1.82, 2.24) is 4.98 Å². The maximum Gasteiger partial charge on any atom is 0.145 e. The Balaban J connectivity index is 1.15. The van der Waals surface area contributed by atoms with Gasteiger partial charge in [-0.1, -0.05) is 145 Å². The van der Waals surface area contributed by atoms with Gasteiger partial charge in [-0.2, -0.15) is 0 Å². The van der Waals surface area contributed by atoms with Gasteiger partial charge in [-0.3, -0.25) is 0 Å². The summed E-state index contributed by atoms with van der Waals surface area (Å²) in [5.74, 6) is 0.790. The summed E-state index contributed by atoms with van der Waals surface area (Å²) >= 11 is 8.50. The highest BCUT2D eigenvalue weighted by Gasteiger charge is 2.49. The minimum Gasteiger partial charge on any atom is -0.463 e. The van der Waals surface area contributed by atoms with E-state index in [2.05, 4.69) is 54.6 Å². The minimum atomic E-state index is -0.570. The van der Waals surface area contributed by atoms with E-state index in [-0.39, 0.29) is 6.61 Å². The molecule has 2 aromatic heterocycles. The smallest absolute Gasteiger partial charge is 0.145 e. The molecule has 57 heavy (non-hydrogen) atoms. The summed E-state index contributed by atoms with van der Waals surface area (Å²) in [7, 11) is 0. The van der Waals surface area contributed by atoms with Gasteiger partial charge < -0.3 is 28.1 Å². The lowest BCUT2D eigenvalue weighted by Crippen LogP contribution is -2.58. The molecule has 0 saturated carbocycles. The van der Waals surface area contributed by atoms with Crippen LogP contribution in [0.5, 0.6) is 0 Å². The van der Waals surface area contributed by atoms with E-state index in [0.717, 1.165) is 49.0 Å². The highest BCUT2D eigenvalue weighted by molar-refractivity contribution is 7.15. The molecule has 3 heterocycles. The molecule has 0 aliphatic carbocycles. The highest BCUT2D eigenvalue weighted by Crippen LogP contribution is 2.40. The second-order valence-corrected chi connectivity index (χ2v) is 15.5. The molecular formula is C48H44ClNO6S. The first-order valence-electron chi connectivity index (χ1n) is 19.2. The Hall–Kier alpha value is -4.90. The lowest BCUT2D eigenvalue weighted by atomic mass is 9.89. The summed E-state index contributed by atoms with van der Waals surface area (Å²) < 4.78 is 40.0. The van der Waals surface area contributed by atoms with Crippen LogP contribution in [0, 0.1) is 0 Å². The second-order valence-electron chi connectivity index (χ2n) is 14.0. The fraction of sp³-hybridized carbons (Fsp3) is 0.229. The van der Waals surface area contributed by atoms with Gasteiger partial charge in [0, 0.05) is 17.6 Å². The summed E-state index contributed by atoms with van der Waals surface area (Å²) in [6.07, 6.45) is 1.35. The Bertz CT molecular complexity index is 2240. The number of hydrogen-bond acceptors (Lipinski definition) is 8. The van der Waals surface area contributed by atoms with E-state index in [1.54, 1.807) is 17.6 Å². The number of thiazole rings is 1. The van der Waals surface area contributed by atoms with Crippen molar-refractivity contribution in [2.75, 3.05) is 6.61 Å². The molecule has 9 heteroatoms. The minimum absolute atomic E-state index is 0.274. The van der Waals surface area contributed by atoms with E-state index in [4.69, 9.17) is 44.7 Å². The summed E-state index contributed by atoms with van der Waals surface area (Å²) in [6, 6.07) is 50.5. The summed E-state index contributed by atoms with van der Waals surface area (Å²) in [6.45, 7) is 1.78. The monoisotopic (exact) mass is 797 g/mol. The Morgan fingerprint density at radius 3 is 1.74 bits per heavy atom. The average Bonchev–Trinajstić information content (AvgIpc) is 3.97. The molecule has 5 atom stereocenters. The zero-order valence-electron chi connectivity index (χ0n) is 31.4. The summed E-state index contributed by atoms with van der Waals surface area (Å²) in [5.41, 5.74) is 6.06. The number of halogens is 1. The van der Waals surface area contributed by atoms with E-state index in [0.29, 0.717) is 37.9 Å². The first kappa shape index (κ1) is 38.9. The fourth-order valence-corrected chi connectivity index (χ4v) is 8.15. The highest BCUT2D eigenvalue weighted by atomic mass is 35.5. The van der Waals surface area contributed by atoms with Crippen molar-refractivity contribution < 1.29 is 28.1 Å². The third-order valence-electron chi connectivity index (χ3n) is 9.94. The SMILES string of the molecule is Clc1ccc(C2OC(COCc3ccccc3)C(OCc3ccccc3)C(OCc3ccccc3)C2OCc2ccccc2)cc1Cc1ncc(-c2ccco2)s1. The lowest BCUT2D eigenvalue weighted by Gasteiger charge is -2.46. The van der Waals surface area contributed by atoms with Crippen LogP contribution < -0.4 is 0 Å². The van der Waals surface area contributed by atoms with Gasteiger partial charge in [0.2, 0.25) is 0 Å². The van der Waals surface area contributed by atoms with Crippen LogP contribution in [0.1, 0.15) is 44.5 Å². The quantitative estimate of drug-likeness (QED) is 0.0908. The van der Waals surface area contributed by atoms with Gasteiger partial charge >= 0.3 is 0 Å². The topological polar surface area (TPSA) is 72.2 Å². The van der Waals surface area contributed by atoms with Crippen LogP contribution in [0.15, 0.2) is 169 Å². The molecule has 5 aromatic carbocycles. The van der Waals surface area contributed by atoms with E-state index in [9.17, 15) is 0 Å². The first-order valence-corrected chi connectivity index (χ1v) is 20.4. The molecule has 1 saturated heterocycles. The predicted molar refractivity (Wildman–Crippen MR) is 223 cm³/mol. The zero-order chi connectivity index (χ0) is 38.7. The van der Waals surface area contributed by atoms with Gasteiger partial charge in [0.05, 0.1) is 49.2 Å².